The average Bonchev–Trinajstić information content (AvgIpc) is 2.49. The summed E-state index contributed by atoms with van der Waals surface area (Å²) in [4.78, 5) is 0.171. The highest BCUT2D eigenvalue weighted by atomic mass is 32.2. The molecule has 1 atom stereocenters. The lowest BCUT2D eigenvalue weighted by Crippen LogP contribution is -2.10. The Morgan fingerprint density at radius 3 is 2.09 bits per heavy atom. The first-order chi connectivity index (χ1) is 10.7. The minimum Gasteiger partial charge on any atom is -0.374 e. The first-order valence-electron chi connectivity index (χ1n) is 6.68. The van der Waals surface area contributed by atoms with Crippen LogP contribution in [0.3, 0.4) is 0 Å². The van der Waals surface area contributed by atoms with Gasteiger partial charge in [-0.3, -0.25) is 0 Å². The molecule has 0 aliphatic carbocycles. The zero-order valence-electron chi connectivity index (χ0n) is 12.5. The molecule has 2 aromatic carbocycles. The molecule has 0 amide bonds. The highest BCUT2D eigenvalue weighted by Crippen LogP contribution is 2.26. The summed E-state index contributed by atoms with van der Waals surface area (Å²) in [5.74, 6) is -1.72. The van der Waals surface area contributed by atoms with Gasteiger partial charge in [-0.2, -0.15) is 5.26 Å². The van der Waals surface area contributed by atoms with E-state index in [4.69, 9.17) is 5.26 Å². The molecule has 0 bridgehead atoms. The van der Waals surface area contributed by atoms with Gasteiger partial charge >= 0.3 is 0 Å². The van der Waals surface area contributed by atoms with Crippen molar-refractivity contribution in [2.45, 2.75) is 17.9 Å². The minimum absolute atomic E-state index is 0.101. The van der Waals surface area contributed by atoms with Crippen molar-refractivity contribution in [1.82, 2.24) is 0 Å². The summed E-state index contributed by atoms with van der Waals surface area (Å²) < 4.78 is 50.6. The number of nitrogens with one attached hydrogen (secondary N) is 1. The number of halogens is 2. The number of benzene rings is 2. The van der Waals surface area contributed by atoms with Gasteiger partial charge in [-0.25, -0.2) is 17.2 Å². The van der Waals surface area contributed by atoms with Gasteiger partial charge in [0.1, 0.15) is 5.69 Å². The second-order valence-electron chi connectivity index (χ2n) is 5.13. The highest BCUT2D eigenvalue weighted by molar-refractivity contribution is 7.90. The van der Waals surface area contributed by atoms with Gasteiger partial charge < -0.3 is 5.32 Å². The smallest absolute Gasteiger partial charge is 0.175 e. The molecule has 0 radical (unpaired) electrons. The molecule has 0 fully saturated rings. The van der Waals surface area contributed by atoms with E-state index in [1.807, 2.05) is 0 Å². The number of anilines is 1. The third-order valence-electron chi connectivity index (χ3n) is 3.34. The Kier molecular flexibility index (Phi) is 4.66. The molecule has 0 spiro atoms. The average molecular weight is 336 g/mol. The van der Waals surface area contributed by atoms with Crippen molar-refractivity contribution in [2.75, 3.05) is 11.6 Å². The van der Waals surface area contributed by atoms with Crippen molar-refractivity contribution < 1.29 is 17.2 Å². The molecule has 2 rings (SSSR count). The summed E-state index contributed by atoms with van der Waals surface area (Å²) in [5, 5.41) is 11.4. The Balaban J connectivity index is 2.26. The first-order valence-corrected chi connectivity index (χ1v) is 8.57. The fourth-order valence-corrected chi connectivity index (χ4v) is 2.71. The number of sulfone groups is 1. The normalized spacial score (nSPS) is 12.5. The van der Waals surface area contributed by atoms with Crippen LogP contribution in [0.2, 0.25) is 0 Å². The van der Waals surface area contributed by atoms with Crippen molar-refractivity contribution in [3.8, 4) is 6.07 Å². The summed E-state index contributed by atoms with van der Waals surface area (Å²) in [7, 11) is -3.30. The second-order valence-corrected chi connectivity index (χ2v) is 7.15. The number of rotatable bonds is 4. The minimum atomic E-state index is -3.30. The number of nitriles is 1. The Morgan fingerprint density at radius 2 is 1.65 bits per heavy atom. The fraction of sp³-hybridized carbons (Fsp3) is 0.188. The van der Waals surface area contributed by atoms with Crippen LogP contribution in [0.25, 0.3) is 0 Å². The molecule has 0 aromatic heterocycles. The Morgan fingerprint density at radius 1 is 1.13 bits per heavy atom. The second kappa shape index (κ2) is 6.34. The molecule has 0 unspecified atom stereocenters. The maximum atomic E-state index is 13.9. The zero-order chi connectivity index (χ0) is 17.2. The zero-order valence-corrected chi connectivity index (χ0v) is 13.3. The van der Waals surface area contributed by atoms with Crippen molar-refractivity contribution in [3.05, 3.63) is 59.2 Å². The number of hydrogen-bond acceptors (Lipinski definition) is 4. The number of hydrogen-bond donors (Lipinski definition) is 1. The molecular weight excluding hydrogens is 322 g/mol. The quantitative estimate of drug-likeness (QED) is 0.929. The lowest BCUT2D eigenvalue weighted by atomic mass is 10.1. The van der Waals surface area contributed by atoms with Crippen molar-refractivity contribution in [1.29, 1.82) is 5.26 Å². The van der Waals surface area contributed by atoms with E-state index in [0.29, 0.717) is 5.56 Å². The Hall–Kier alpha value is -2.46. The molecule has 120 valence electrons. The highest BCUT2D eigenvalue weighted by Gasteiger charge is 2.15. The summed E-state index contributed by atoms with van der Waals surface area (Å²) in [6, 6.07) is 9.15. The predicted octanol–water partition coefficient (Wildman–Crippen LogP) is 3.41. The third kappa shape index (κ3) is 3.85. The largest absolute Gasteiger partial charge is 0.374 e. The van der Waals surface area contributed by atoms with Crippen LogP contribution in [-0.2, 0) is 9.84 Å². The van der Waals surface area contributed by atoms with Gasteiger partial charge in [0.25, 0.3) is 0 Å². The summed E-state index contributed by atoms with van der Waals surface area (Å²) in [5.41, 5.74) is 0.236. The first kappa shape index (κ1) is 16.9. The molecule has 0 saturated heterocycles. The number of nitrogens with zero attached hydrogens (tertiary/aromatic N) is 1. The maximum Gasteiger partial charge on any atom is 0.175 e. The molecule has 0 aliphatic heterocycles. The van der Waals surface area contributed by atoms with Crippen LogP contribution in [0.5, 0.6) is 0 Å². The molecule has 0 heterocycles. The third-order valence-corrected chi connectivity index (χ3v) is 4.47. The lowest BCUT2D eigenvalue weighted by molar-refractivity contribution is 0.584. The van der Waals surface area contributed by atoms with Crippen LogP contribution in [0.15, 0.2) is 41.3 Å². The summed E-state index contributed by atoms with van der Waals surface area (Å²) in [6.45, 7) is 1.69. The molecular formula is C16H14F2N2O2S. The van der Waals surface area contributed by atoms with Gasteiger partial charge in [0.2, 0.25) is 0 Å². The Labute approximate surface area is 133 Å². The molecule has 1 N–H and O–H groups in total. The lowest BCUT2D eigenvalue weighted by Gasteiger charge is -2.17. The van der Waals surface area contributed by atoms with Gasteiger partial charge in [0, 0.05) is 12.3 Å². The van der Waals surface area contributed by atoms with Crippen molar-refractivity contribution in [2.24, 2.45) is 0 Å². The van der Waals surface area contributed by atoms with E-state index in [0.717, 1.165) is 18.4 Å². The Bertz CT molecular complexity index is 849. The van der Waals surface area contributed by atoms with Crippen LogP contribution in [-0.4, -0.2) is 14.7 Å². The van der Waals surface area contributed by atoms with E-state index in [-0.39, 0.29) is 16.1 Å². The van der Waals surface area contributed by atoms with Crippen LogP contribution >= 0.6 is 0 Å². The van der Waals surface area contributed by atoms with E-state index < -0.39 is 27.5 Å². The van der Waals surface area contributed by atoms with E-state index in [2.05, 4.69) is 5.32 Å². The van der Waals surface area contributed by atoms with Crippen LogP contribution < -0.4 is 5.32 Å². The van der Waals surface area contributed by atoms with E-state index in [9.17, 15) is 17.2 Å². The van der Waals surface area contributed by atoms with Gasteiger partial charge in [-0.1, -0.05) is 12.1 Å². The summed E-state index contributed by atoms with van der Waals surface area (Å²) >= 11 is 0. The van der Waals surface area contributed by atoms with Crippen molar-refractivity contribution >= 4 is 15.5 Å². The monoisotopic (exact) mass is 336 g/mol. The topological polar surface area (TPSA) is 70.0 Å². The van der Waals surface area contributed by atoms with Gasteiger partial charge in [0.15, 0.2) is 21.5 Å². The molecule has 23 heavy (non-hydrogen) atoms. The van der Waals surface area contributed by atoms with Crippen LogP contribution in [0.4, 0.5) is 14.5 Å². The van der Waals surface area contributed by atoms with E-state index >= 15 is 0 Å². The fourth-order valence-electron chi connectivity index (χ4n) is 2.08. The van der Waals surface area contributed by atoms with Crippen LogP contribution in [0.1, 0.15) is 24.1 Å². The molecule has 4 nitrogen and oxygen atoms in total. The van der Waals surface area contributed by atoms with E-state index in [1.165, 1.54) is 12.1 Å². The molecule has 7 heteroatoms. The van der Waals surface area contributed by atoms with E-state index in [1.54, 1.807) is 25.1 Å². The molecule has 0 aliphatic rings. The van der Waals surface area contributed by atoms with Gasteiger partial charge in [-0.05, 0) is 36.8 Å². The van der Waals surface area contributed by atoms with Crippen LogP contribution in [0, 0.1) is 23.0 Å². The standard InChI is InChI=1S/C16H14F2N2O2S/c1-10(12-3-5-13(6-4-12)23(2,21)22)20-16-14(17)7-11(9-19)8-15(16)18/h3-8,10,20H,1-2H3/t10-/m1/s1. The summed E-state index contributed by atoms with van der Waals surface area (Å²) in [6.07, 6.45) is 1.10. The SMILES string of the molecule is C[C@@H](Nc1c(F)cc(C#N)cc1F)c1ccc(S(C)(=O)=O)cc1. The predicted molar refractivity (Wildman–Crippen MR) is 82.7 cm³/mol. The molecule has 2 aromatic rings. The van der Waals surface area contributed by atoms with Crippen molar-refractivity contribution in [3.63, 3.8) is 0 Å². The molecule has 0 saturated carbocycles. The van der Waals surface area contributed by atoms with Gasteiger partial charge in [0.05, 0.1) is 16.5 Å². The van der Waals surface area contributed by atoms with Gasteiger partial charge in [-0.15, -0.1) is 0 Å². The maximum absolute atomic E-state index is 13.9.